The van der Waals surface area contributed by atoms with Crippen LogP contribution in [0, 0.1) is 62.0 Å². The molecule has 7 aromatic heterocycles. The van der Waals surface area contributed by atoms with E-state index in [1.54, 1.807) is 12.4 Å². The number of hydrogen-bond acceptors (Lipinski definition) is 13. The Bertz CT molecular complexity index is 3980. The maximum absolute atomic E-state index is 8.70. The molecule has 0 aliphatic rings. The standard InChI is InChI=1S/C56H42N16/c1-28-59-29(2)64-53(63-28)37-10-14-47-42(22-37)43-23-38(54-65-30(3)60-31(4)66-54)11-15-48(43)71(47)51-26-41(36-18-20-58-21-19-36)46(57-9)27-52(51)72-49-16-12-39(55-67-32(5)61-33(6)68-55)24-44(49)45-25-40(13-17-50(45)72)56-69-34(7)62-35(8)70-56/h10-27H,1-8H3. The maximum atomic E-state index is 8.70. The van der Waals surface area contributed by atoms with E-state index in [9.17, 15) is 0 Å². The summed E-state index contributed by atoms with van der Waals surface area (Å²) in [6, 6.07) is 33.2. The normalized spacial score (nSPS) is 11.6. The van der Waals surface area contributed by atoms with E-state index >= 15 is 0 Å². The van der Waals surface area contributed by atoms with Gasteiger partial charge in [-0.25, -0.2) is 64.7 Å². The number of benzene rings is 5. The molecule has 16 heteroatoms. The van der Waals surface area contributed by atoms with Gasteiger partial charge in [-0.3, -0.25) is 4.98 Å². The molecule has 0 fully saturated rings. The highest BCUT2D eigenvalue weighted by Crippen LogP contribution is 2.45. The third kappa shape index (κ3) is 7.51. The first-order valence-corrected chi connectivity index (χ1v) is 23.3. The van der Waals surface area contributed by atoms with Crippen molar-refractivity contribution in [1.82, 2.24) is 73.9 Å². The summed E-state index contributed by atoms with van der Waals surface area (Å²) in [5, 5.41) is 3.79. The fraction of sp³-hybridized carbons (Fsp3) is 0.143. The Kier molecular flexibility index (Phi) is 10.2. The van der Waals surface area contributed by atoms with Crippen molar-refractivity contribution in [3.8, 4) is 68.1 Å². The van der Waals surface area contributed by atoms with Gasteiger partial charge in [0.25, 0.3) is 0 Å². The number of aromatic nitrogens is 15. The van der Waals surface area contributed by atoms with Crippen molar-refractivity contribution in [2.24, 2.45) is 0 Å². The van der Waals surface area contributed by atoms with Gasteiger partial charge in [-0.2, -0.15) is 0 Å². The van der Waals surface area contributed by atoms with Crippen LogP contribution in [0.15, 0.2) is 109 Å². The van der Waals surface area contributed by atoms with Gasteiger partial charge in [0.2, 0.25) is 0 Å². The van der Waals surface area contributed by atoms with Gasteiger partial charge in [-0.15, -0.1) is 0 Å². The van der Waals surface area contributed by atoms with Crippen LogP contribution >= 0.6 is 0 Å². The minimum Gasteiger partial charge on any atom is -0.308 e. The quantitative estimate of drug-likeness (QED) is 0.138. The maximum Gasteiger partial charge on any atom is 0.197 e. The van der Waals surface area contributed by atoms with E-state index in [1.165, 1.54) is 0 Å². The summed E-state index contributed by atoms with van der Waals surface area (Å²) >= 11 is 0. The molecule has 0 aliphatic carbocycles. The topological polar surface area (TPSA) is 182 Å². The molecule has 12 rings (SSSR count). The fourth-order valence-corrected chi connectivity index (χ4v) is 9.88. The minimum absolute atomic E-state index is 0.474. The van der Waals surface area contributed by atoms with Crippen molar-refractivity contribution >= 4 is 49.3 Å². The molecule has 12 aromatic rings. The Morgan fingerprint density at radius 1 is 0.333 bits per heavy atom. The highest BCUT2D eigenvalue weighted by Gasteiger charge is 2.25. The van der Waals surface area contributed by atoms with Gasteiger partial charge >= 0.3 is 0 Å². The SMILES string of the molecule is [C-]#[N+]c1cc(-n2c3ccc(-c4nc(C)nc(C)n4)cc3c3cc(-c4nc(C)nc(C)n4)ccc32)c(-n2c3ccc(-c4nc(C)nc(C)n4)cc3c3cc(-c4nc(C)nc(C)n4)ccc32)cc1-c1ccncc1. The Balaban J connectivity index is 1.20. The Labute approximate surface area is 412 Å². The van der Waals surface area contributed by atoms with Crippen LogP contribution < -0.4 is 0 Å². The monoisotopic (exact) mass is 938 g/mol. The zero-order valence-electron chi connectivity index (χ0n) is 40.5. The zero-order valence-corrected chi connectivity index (χ0v) is 40.5. The Morgan fingerprint density at radius 3 is 0.917 bits per heavy atom. The molecule has 0 bridgehead atoms. The summed E-state index contributed by atoms with van der Waals surface area (Å²) < 4.78 is 4.53. The highest BCUT2D eigenvalue weighted by molar-refractivity contribution is 6.14. The van der Waals surface area contributed by atoms with Crippen molar-refractivity contribution < 1.29 is 0 Å². The lowest BCUT2D eigenvalue weighted by Gasteiger charge is -2.20. The highest BCUT2D eigenvalue weighted by atomic mass is 15.1. The molecule has 0 unspecified atom stereocenters. The molecule has 0 radical (unpaired) electrons. The van der Waals surface area contributed by atoms with Gasteiger partial charge in [0.15, 0.2) is 29.0 Å². The van der Waals surface area contributed by atoms with Crippen LogP contribution in [-0.4, -0.2) is 73.9 Å². The van der Waals surface area contributed by atoms with E-state index in [1.807, 2.05) is 85.7 Å². The van der Waals surface area contributed by atoms with Crippen LogP contribution in [0.5, 0.6) is 0 Å². The largest absolute Gasteiger partial charge is 0.308 e. The number of nitrogens with zero attached hydrogens (tertiary/aromatic N) is 16. The molecule has 5 aromatic carbocycles. The van der Waals surface area contributed by atoms with E-state index in [-0.39, 0.29) is 0 Å². The van der Waals surface area contributed by atoms with Crippen molar-refractivity contribution in [3.05, 3.63) is 167 Å². The lowest BCUT2D eigenvalue weighted by atomic mass is 10.0. The van der Waals surface area contributed by atoms with Crippen LogP contribution in [0.3, 0.4) is 0 Å². The molecule has 0 amide bonds. The van der Waals surface area contributed by atoms with Crippen LogP contribution in [0.1, 0.15) is 46.6 Å². The second-order valence-corrected chi connectivity index (χ2v) is 17.8. The molecular formula is C56H42N16. The van der Waals surface area contributed by atoms with Crippen LogP contribution in [-0.2, 0) is 0 Å². The van der Waals surface area contributed by atoms with Crippen LogP contribution in [0.2, 0.25) is 0 Å². The molecule has 0 saturated heterocycles. The number of hydrogen-bond donors (Lipinski definition) is 0. The second-order valence-electron chi connectivity index (χ2n) is 17.8. The van der Waals surface area contributed by atoms with E-state index in [4.69, 9.17) is 46.4 Å². The Hall–Kier alpha value is -9.62. The molecule has 346 valence electrons. The van der Waals surface area contributed by atoms with Crippen molar-refractivity contribution in [2.45, 2.75) is 55.4 Å². The molecule has 0 saturated carbocycles. The molecule has 0 N–H and O–H groups in total. The molecule has 0 aliphatic heterocycles. The predicted molar refractivity (Wildman–Crippen MR) is 278 cm³/mol. The van der Waals surface area contributed by atoms with E-state index in [0.717, 1.165) is 88.4 Å². The molecule has 72 heavy (non-hydrogen) atoms. The van der Waals surface area contributed by atoms with Gasteiger partial charge < -0.3 is 9.13 Å². The lowest BCUT2D eigenvalue weighted by molar-refractivity contribution is 0.928. The lowest BCUT2D eigenvalue weighted by Crippen LogP contribution is -2.05. The average molecular weight is 939 g/mol. The number of aryl methyl sites for hydroxylation is 8. The summed E-state index contributed by atoms with van der Waals surface area (Å²) in [7, 11) is 0. The smallest absolute Gasteiger partial charge is 0.197 e. The number of fused-ring (bicyclic) bond motifs is 6. The summed E-state index contributed by atoms with van der Waals surface area (Å²) in [5.74, 6) is 7.41. The van der Waals surface area contributed by atoms with Crippen LogP contribution in [0.25, 0.3) is 117 Å². The molecule has 7 heterocycles. The molecule has 16 nitrogen and oxygen atoms in total. The fourth-order valence-electron chi connectivity index (χ4n) is 9.88. The van der Waals surface area contributed by atoms with E-state index in [2.05, 4.69) is 106 Å². The molecule has 0 spiro atoms. The first-order chi connectivity index (χ1) is 34.8. The predicted octanol–water partition coefficient (Wildman–Crippen LogP) is 11.4. The number of pyridine rings is 1. The van der Waals surface area contributed by atoms with Gasteiger partial charge in [0, 0.05) is 56.2 Å². The first-order valence-electron chi connectivity index (χ1n) is 23.3. The summed E-state index contributed by atoms with van der Waals surface area (Å²) in [6.45, 7) is 23.7. The van der Waals surface area contributed by atoms with Gasteiger partial charge in [0.05, 0.1) is 40.0 Å². The Morgan fingerprint density at radius 2 is 0.625 bits per heavy atom. The van der Waals surface area contributed by atoms with Gasteiger partial charge in [0.1, 0.15) is 46.6 Å². The van der Waals surface area contributed by atoms with Crippen molar-refractivity contribution in [1.29, 1.82) is 0 Å². The zero-order chi connectivity index (χ0) is 49.5. The van der Waals surface area contributed by atoms with Crippen molar-refractivity contribution in [3.63, 3.8) is 0 Å². The third-order valence-corrected chi connectivity index (χ3v) is 12.7. The molecule has 0 atom stereocenters. The third-order valence-electron chi connectivity index (χ3n) is 12.7. The second kappa shape index (κ2) is 16.8. The molecular weight excluding hydrogens is 897 g/mol. The minimum atomic E-state index is 0.474. The van der Waals surface area contributed by atoms with E-state index in [0.29, 0.717) is 75.6 Å². The van der Waals surface area contributed by atoms with Crippen molar-refractivity contribution in [2.75, 3.05) is 0 Å². The summed E-state index contributed by atoms with van der Waals surface area (Å²) in [5.41, 5.74) is 10.7. The summed E-state index contributed by atoms with van der Waals surface area (Å²) in [6.07, 6.45) is 3.50. The first kappa shape index (κ1) is 43.6. The van der Waals surface area contributed by atoms with Crippen LogP contribution in [0.4, 0.5) is 5.69 Å². The number of rotatable bonds is 7. The van der Waals surface area contributed by atoms with Gasteiger partial charge in [-0.05, 0) is 164 Å². The summed E-state index contributed by atoms with van der Waals surface area (Å²) in [4.78, 5) is 64.5. The van der Waals surface area contributed by atoms with Gasteiger partial charge in [-0.1, -0.05) is 0 Å². The average Bonchev–Trinajstić information content (AvgIpc) is 3.86. The van der Waals surface area contributed by atoms with E-state index < -0.39 is 0 Å².